The van der Waals surface area contributed by atoms with Crippen LogP contribution in [-0.4, -0.2) is 0 Å². The first-order valence-electron chi connectivity index (χ1n) is 16.4. The Morgan fingerprint density at radius 1 is 0.419 bits per heavy atom. The van der Waals surface area contributed by atoms with Crippen molar-refractivity contribution in [2.45, 2.75) is 0 Å². The van der Waals surface area contributed by atoms with Gasteiger partial charge in [-0.1, -0.05) is 139 Å². The third-order valence-corrected chi connectivity index (χ3v) is 8.58. The minimum absolute atomic E-state index is 0.0473. The highest BCUT2D eigenvalue weighted by molar-refractivity contribution is 6.24. The van der Waals surface area contributed by atoms with Gasteiger partial charge in [0.05, 0.1) is 5.48 Å². The van der Waals surface area contributed by atoms with Gasteiger partial charge in [-0.2, -0.15) is 0 Å². The molecule has 1 nitrogen and oxygen atoms in total. The van der Waals surface area contributed by atoms with Crippen LogP contribution < -0.4 is 0 Å². The molecule has 8 aromatic carbocycles. The summed E-state index contributed by atoms with van der Waals surface area (Å²) in [6.07, 6.45) is 0. The number of benzene rings is 8. The second kappa shape index (κ2) is 9.44. The van der Waals surface area contributed by atoms with Crippen LogP contribution >= 0.6 is 0 Å². The number of rotatable bonds is 3. The van der Waals surface area contributed by atoms with Crippen molar-refractivity contribution >= 4 is 54.3 Å². The molecule has 43 heavy (non-hydrogen) atoms. The summed E-state index contributed by atoms with van der Waals surface area (Å²) in [5.74, 6) is 0. The molecule has 0 fully saturated rings. The van der Waals surface area contributed by atoms with Crippen molar-refractivity contribution < 1.29 is 9.90 Å². The maximum absolute atomic E-state index is 9.24. The van der Waals surface area contributed by atoms with Crippen LogP contribution in [0.4, 0.5) is 0 Å². The molecule has 0 saturated carbocycles. The minimum atomic E-state index is -0.244. The zero-order chi connectivity index (χ0) is 31.8. The predicted octanol–water partition coefficient (Wildman–Crippen LogP) is 12.0. The normalized spacial score (nSPS) is 13.0. The highest BCUT2D eigenvalue weighted by Gasteiger charge is 2.20. The van der Waals surface area contributed by atoms with Crippen molar-refractivity contribution in [1.29, 1.82) is 0 Å². The van der Waals surface area contributed by atoms with Crippen molar-refractivity contribution in [3.8, 4) is 33.4 Å². The highest BCUT2D eigenvalue weighted by atomic mass is 16.3. The van der Waals surface area contributed by atoms with E-state index in [1.165, 1.54) is 0 Å². The molecule has 0 unspecified atom stereocenters. The fraction of sp³-hybridized carbons (Fsp3) is 0. The standard InChI is InChI=1S/C42H26O/c1-2-12-27(13-3-1)30-15-6-7-17-32(30)41-35-20-10-8-18-33(35)40(34-19-9-11-21-36(34)41)29-23-24-38-37(26-29)42-31-16-5-4-14-28(31)22-25-39(42)43-38/h1-26H/i6D,7D,15D,17D. The number of hydrogen-bond acceptors (Lipinski definition) is 1. The van der Waals surface area contributed by atoms with Crippen LogP contribution in [0.15, 0.2) is 162 Å². The lowest BCUT2D eigenvalue weighted by molar-refractivity contribution is 0.669. The van der Waals surface area contributed by atoms with Crippen LogP contribution in [0.2, 0.25) is 0 Å². The van der Waals surface area contributed by atoms with E-state index in [4.69, 9.17) is 8.53 Å². The van der Waals surface area contributed by atoms with Crippen LogP contribution in [0, 0.1) is 0 Å². The molecule has 9 aromatic rings. The molecule has 0 aliphatic carbocycles. The van der Waals surface area contributed by atoms with Gasteiger partial charge in [0, 0.05) is 10.8 Å². The van der Waals surface area contributed by atoms with E-state index in [0.717, 1.165) is 76.5 Å². The summed E-state index contributed by atoms with van der Waals surface area (Å²) >= 11 is 0. The minimum Gasteiger partial charge on any atom is -0.456 e. The van der Waals surface area contributed by atoms with Crippen molar-refractivity contribution in [1.82, 2.24) is 0 Å². The quantitative estimate of drug-likeness (QED) is 0.199. The second-order valence-electron chi connectivity index (χ2n) is 10.9. The van der Waals surface area contributed by atoms with Gasteiger partial charge < -0.3 is 4.42 Å². The average Bonchev–Trinajstić information content (AvgIpc) is 3.50. The molecule has 9 rings (SSSR count). The molecular weight excluding hydrogens is 520 g/mol. The molecule has 0 aliphatic heterocycles. The van der Waals surface area contributed by atoms with Crippen molar-refractivity contribution in [3.05, 3.63) is 158 Å². The van der Waals surface area contributed by atoms with Gasteiger partial charge in [-0.05, 0) is 83.9 Å². The molecular formula is C42H26O. The van der Waals surface area contributed by atoms with Crippen molar-refractivity contribution in [2.75, 3.05) is 0 Å². The van der Waals surface area contributed by atoms with Gasteiger partial charge in [-0.3, -0.25) is 0 Å². The number of fused-ring (bicyclic) bond motifs is 7. The summed E-state index contributed by atoms with van der Waals surface area (Å²) < 4.78 is 41.9. The second-order valence-corrected chi connectivity index (χ2v) is 10.9. The molecule has 0 bridgehead atoms. The molecule has 1 heteroatoms. The Balaban J connectivity index is 1.42. The third-order valence-electron chi connectivity index (χ3n) is 8.58. The van der Waals surface area contributed by atoms with Crippen molar-refractivity contribution in [2.24, 2.45) is 0 Å². The monoisotopic (exact) mass is 550 g/mol. The number of furan rings is 1. The van der Waals surface area contributed by atoms with Gasteiger partial charge in [0.2, 0.25) is 0 Å². The third kappa shape index (κ3) is 3.65. The first-order valence-corrected chi connectivity index (χ1v) is 14.4. The summed E-state index contributed by atoms with van der Waals surface area (Å²) in [5, 5.41) is 8.31. The van der Waals surface area contributed by atoms with Gasteiger partial charge in [-0.15, -0.1) is 0 Å². The molecule has 0 saturated heterocycles. The van der Waals surface area contributed by atoms with Crippen LogP contribution in [0.1, 0.15) is 5.48 Å². The molecule has 0 amide bonds. The summed E-state index contributed by atoms with van der Waals surface area (Å²) in [6.45, 7) is 0. The Morgan fingerprint density at radius 2 is 1.00 bits per heavy atom. The first-order chi connectivity index (χ1) is 23.0. The Labute approximate surface area is 254 Å². The fourth-order valence-electron chi connectivity index (χ4n) is 6.73. The average molecular weight is 551 g/mol. The maximum Gasteiger partial charge on any atom is 0.136 e. The largest absolute Gasteiger partial charge is 0.456 e. The molecule has 200 valence electrons. The van der Waals surface area contributed by atoms with E-state index in [2.05, 4.69) is 72.8 Å². The summed E-state index contributed by atoms with van der Waals surface area (Å²) in [4.78, 5) is 0. The van der Waals surface area contributed by atoms with Crippen LogP contribution in [-0.2, 0) is 0 Å². The lowest BCUT2D eigenvalue weighted by Gasteiger charge is -2.19. The molecule has 1 heterocycles. The SMILES string of the molecule is [2H]c1c([2H])c([2H])c(-c2c3ccccc3c(-c3ccc4oc5ccc6ccccc6c5c4c3)c3ccccc23)c(-c2ccccc2)c1[2H]. The first kappa shape index (κ1) is 20.3. The van der Waals surface area contributed by atoms with Crippen LogP contribution in [0.25, 0.3) is 87.6 Å². The Kier molecular flexibility index (Phi) is 4.45. The molecule has 0 aliphatic rings. The van der Waals surface area contributed by atoms with Gasteiger partial charge in [-0.25, -0.2) is 0 Å². The molecule has 0 radical (unpaired) electrons. The van der Waals surface area contributed by atoms with Crippen LogP contribution in [0.5, 0.6) is 0 Å². The van der Waals surface area contributed by atoms with E-state index < -0.39 is 0 Å². The van der Waals surface area contributed by atoms with Gasteiger partial charge in [0.1, 0.15) is 11.2 Å². The predicted molar refractivity (Wildman–Crippen MR) is 183 cm³/mol. The van der Waals surface area contributed by atoms with Gasteiger partial charge in [0.15, 0.2) is 0 Å². The molecule has 1 aromatic heterocycles. The van der Waals surface area contributed by atoms with Gasteiger partial charge >= 0.3 is 0 Å². The van der Waals surface area contributed by atoms with E-state index in [1.807, 2.05) is 60.7 Å². The fourth-order valence-corrected chi connectivity index (χ4v) is 6.73. The van der Waals surface area contributed by atoms with E-state index in [0.29, 0.717) is 11.1 Å². The zero-order valence-corrected chi connectivity index (χ0v) is 23.1. The van der Waals surface area contributed by atoms with Crippen LogP contribution in [0.3, 0.4) is 0 Å². The lowest BCUT2D eigenvalue weighted by atomic mass is 9.83. The van der Waals surface area contributed by atoms with E-state index >= 15 is 0 Å². The molecule has 0 atom stereocenters. The molecule has 0 N–H and O–H groups in total. The zero-order valence-electron chi connectivity index (χ0n) is 27.1. The summed E-state index contributed by atoms with van der Waals surface area (Å²) in [6, 6.07) is 44.3. The lowest BCUT2D eigenvalue weighted by Crippen LogP contribution is -1.92. The van der Waals surface area contributed by atoms with E-state index in [1.54, 1.807) is 0 Å². The topological polar surface area (TPSA) is 13.1 Å². The van der Waals surface area contributed by atoms with Gasteiger partial charge in [0.25, 0.3) is 0 Å². The number of hydrogen-bond donors (Lipinski definition) is 0. The van der Waals surface area contributed by atoms with Crippen molar-refractivity contribution in [3.63, 3.8) is 0 Å². The smallest absolute Gasteiger partial charge is 0.136 e. The molecule has 0 spiro atoms. The maximum atomic E-state index is 9.24. The Bertz CT molecular complexity index is 2670. The van der Waals surface area contributed by atoms with E-state index in [9.17, 15) is 1.37 Å². The Hall–Kier alpha value is -5.66. The highest BCUT2D eigenvalue weighted by Crippen LogP contribution is 2.47. The Morgan fingerprint density at radius 3 is 1.72 bits per heavy atom. The summed E-state index contributed by atoms with van der Waals surface area (Å²) in [7, 11) is 0. The van der Waals surface area contributed by atoms with E-state index in [-0.39, 0.29) is 24.2 Å². The summed E-state index contributed by atoms with van der Waals surface area (Å²) in [5.41, 5.74) is 6.35.